The predicted molar refractivity (Wildman–Crippen MR) is 119 cm³/mol. The summed E-state index contributed by atoms with van der Waals surface area (Å²) in [7, 11) is 0. The molecule has 0 unspecified atom stereocenters. The average Bonchev–Trinajstić information content (AvgIpc) is 3.20. The number of aromatic hydroxyl groups is 1. The molecule has 1 saturated carbocycles. The molecule has 1 fully saturated rings. The summed E-state index contributed by atoms with van der Waals surface area (Å²) in [4.78, 5) is 39.8. The van der Waals surface area contributed by atoms with Crippen molar-refractivity contribution in [3.63, 3.8) is 0 Å². The number of hydrogen-bond donors (Lipinski definition) is 2. The van der Waals surface area contributed by atoms with Gasteiger partial charge in [-0.05, 0) is 37.5 Å². The topological polar surface area (TPSA) is 117 Å². The van der Waals surface area contributed by atoms with Crippen LogP contribution in [0, 0.1) is 0 Å². The molecule has 4 rings (SSSR count). The van der Waals surface area contributed by atoms with Crippen LogP contribution in [-0.4, -0.2) is 37.9 Å². The van der Waals surface area contributed by atoms with Gasteiger partial charge < -0.3 is 9.84 Å². The Morgan fingerprint density at radius 3 is 2.50 bits per heavy atom. The Kier molecular flexibility index (Phi) is 6.16. The monoisotopic (exact) mass is 440 g/mol. The molecule has 2 aromatic rings. The first kappa shape index (κ1) is 21.9. The molecule has 1 aromatic carbocycles. The van der Waals surface area contributed by atoms with E-state index in [4.69, 9.17) is 4.74 Å². The van der Waals surface area contributed by atoms with E-state index in [1.807, 2.05) is 31.2 Å². The van der Waals surface area contributed by atoms with Crippen LogP contribution in [-0.2, 0) is 4.79 Å². The Morgan fingerprint density at radius 1 is 1.19 bits per heavy atom. The van der Waals surface area contributed by atoms with Gasteiger partial charge in [0.25, 0.3) is 5.56 Å². The zero-order valence-electron chi connectivity index (χ0n) is 18.3. The summed E-state index contributed by atoms with van der Waals surface area (Å²) in [6, 6.07) is 6.77. The zero-order chi connectivity index (χ0) is 22.8. The minimum absolute atomic E-state index is 0.0464. The summed E-state index contributed by atoms with van der Waals surface area (Å²) in [6.45, 7) is 3.86. The molecule has 1 aliphatic heterocycles. The second kappa shape index (κ2) is 9.02. The van der Waals surface area contributed by atoms with Gasteiger partial charge in [0.15, 0.2) is 0 Å². The minimum Gasteiger partial charge on any atom is -0.494 e. The molecular weight excluding hydrogens is 412 g/mol. The number of benzene rings is 1. The summed E-state index contributed by atoms with van der Waals surface area (Å²) in [6.07, 6.45) is 4.78. The quantitative estimate of drug-likeness (QED) is 0.741. The van der Waals surface area contributed by atoms with Crippen molar-refractivity contribution in [2.24, 2.45) is 5.10 Å². The Labute approximate surface area is 185 Å². The van der Waals surface area contributed by atoms with Gasteiger partial charge in [0, 0.05) is 19.4 Å². The van der Waals surface area contributed by atoms with Crippen molar-refractivity contribution in [1.29, 1.82) is 0 Å². The highest BCUT2D eigenvalue weighted by molar-refractivity contribution is 6.04. The number of nitrogens with zero attached hydrogens (tertiary/aromatic N) is 3. The fourth-order valence-corrected chi connectivity index (χ4v) is 4.64. The lowest BCUT2D eigenvalue weighted by Gasteiger charge is -2.25. The maximum absolute atomic E-state index is 12.7. The lowest BCUT2D eigenvalue weighted by molar-refractivity contribution is -0.130. The SMILES string of the molecule is CCOc1ccc([C@H]2CC(c3c(O)n(C4CCCCC4)c(=O)[nH]c3=O)=NN2C(C)=O)cc1. The summed E-state index contributed by atoms with van der Waals surface area (Å²) in [5.74, 6) is 0.0639. The van der Waals surface area contributed by atoms with Gasteiger partial charge >= 0.3 is 5.69 Å². The minimum atomic E-state index is -0.700. The van der Waals surface area contributed by atoms with Gasteiger partial charge in [0.2, 0.25) is 11.8 Å². The van der Waals surface area contributed by atoms with Crippen LogP contribution in [0.5, 0.6) is 11.6 Å². The van der Waals surface area contributed by atoms with Crippen molar-refractivity contribution >= 4 is 11.6 Å². The van der Waals surface area contributed by atoms with Gasteiger partial charge in [-0.2, -0.15) is 5.10 Å². The molecule has 9 nitrogen and oxygen atoms in total. The van der Waals surface area contributed by atoms with Gasteiger partial charge in [0.05, 0.1) is 18.4 Å². The van der Waals surface area contributed by atoms with Crippen LogP contribution >= 0.6 is 0 Å². The van der Waals surface area contributed by atoms with E-state index in [1.165, 1.54) is 16.5 Å². The number of hydrazone groups is 1. The van der Waals surface area contributed by atoms with Gasteiger partial charge in [-0.3, -0.25) is 19.1 Å². The van der Waals surface area contributed by atoms with E-state index < -0.39 is 17.3 Å². The molecule has 1 amide bonds. The smallest absolute Gasteiger partial charge is 0.331 e. The second-order valence-corrected chi connectivity index (χ2v) is 8.25. The molecule has 1 aromatic heterocycles. The van der Waals surface area contributed by atoms with Crippen LogP contribution in [0.15, 0.2) is 39.0 Å². The normalized spacial score (nSPS) is 19.1. The van der Waals surface area contributed by atoms with Gasteiger partial charge in [-0.1, -0.05) is 31.4 Å². The highest BCUT2D eigenvalue weighted by Crippen LogP contribution is 2.36. The van der Waals surface area contributed by atoms with Crippen LogP contribution in [0.1, 0.15) is 75.6 Å². The van der Waals surface area contributed by atoms with Crippen molar-refractivity contribution in [3.8, 4) is 11.6 Å². The van der Waals surface area contributed by atoms with E-state index in [-0.39, 0.29) is 35.5 Å². The third kappa shape index (κ3) is 4.06. The number of H-pyrrole nitrogens is 1. The van der Waals surface area contributed by atoms with Crippen LogP contribution in [0.25, 0.3) is 0 Å². The van der Waals surface area contributed by atoms with E-state index in [0.717, 1.165) is 43.4 Å². The van der Waals surface area contributed by atoms with Crippen molar-refractivity contribution in [2.75, 3.05) is 6.61 Å². The van der Waals surface area contributed by atoms with Gasteiger partial charge in [0.1, 0.15) is 11.3 Å². The molecule has 0 spiro atoms. The number of amides is 1. The second-order valence-electron chi connectivity index (χ2n) is 8.25. The number of rotatable bonds is 5. The molecule has 1 atom stereocenters. The number of aromatic nitrogens is 2. The van der Waals surface area contributed by atoms with Crippen LogP contribution in [0.2, 0.25) is 0 Å². The van der Waals surface area contributed by atoms with E-state index in [0.29, 0.717) is 6.61 Å². The number of ether oxygens (including phenoxy) is 1. The lowest BCUT2D eigenvalue weighted by atomic mass is 9.95. The molecular formula is C23H28N4O5. The Bertz CT molecular complexity index is 1140. The average molecular weight is 441 g/mol. The predicted octanol–water partition coefficient (Wildman–Crippen LogP) is 2.84. The maximum atomic E-state index is 12.7. The van der Waals surface area contributed by atoms with Crippen LogP contribution < -0.4 is 16.0 Å². The Morgan fingerprint density at radius 2 is 1.88 bits per heavy atom. The fraction of sp³-hybridized carbons (Fsp3) is 0.478. The third-order valence-corrected chi connectivity index (χ3v) is 6.16. The summed E-state index contributed by atoms with van der Waals surface area (Å²) in [5.41, 5.74) is -0.251. The van der Waals surface area contributed by atoms with Crippen molar-refractivity contribution < 1.29 is 14.6 Å². The molecule has 2 heterocycles. The number of aromatic amines is 1. The van der Waals surface area contributed by atoms with E-state index >= 15 is 0 Å². The first-order chi connectivity index (χ1) is 15.4. The largest absolute Gasteiger partial charge is 0.494 e. The number of hydrogen-bond acceptors (Lipinski definition) is 6. The molecule has 2 aliphatic rings. The van der Waals surface area contributed by atoms with E-state index in [1.54, 1.807) is 0 Å². The highest BCUT2D eigenvalue weighted by atomic mass is 16.5. The maximum Gasteiger partial charge on any atom is 0.331 e. The summed E-state index contributed by atoms with van der Waals surface area (Å²) >= 11 is 0. The summed E-state index contributed by atoms with van der Waals surface area (Å²) < 4.78 is 6.76. The number of carbonyl (C=O) groups is 1. The lowest BCUT2D eigenvalue weighted by Crippen LogP contribution is -2.36. The Hall–Kier alpha value is -3.36. The zero-order valence-corrected chi connectivity index (χ0v) is 18.3. The Balaban J connectivity index is 1.72. The first-order valence-corrected chi connectivity index (χ1v) is 11.1. The molecule has 2 N–H and O–H groups in total. The molecule has 1 aliphatic carbocycles. The molecule has 0 bridgehead atoms. The number of nitrogens with one attached hydrogen (secondary N) is 1. The third-order valence-electron chi connectivity index (χ3n) is 6.16. The molecule has 0 radical (unpaired) electrons. The summed E-state index contributed by atoms with van der Waals surface area (Å²) in [5, 5.41) is 16.7. The molecule has 32 heavy (non-hydrogen) atoms. The van der Waals surface area contributed by atoms with Crippen molar-refractivity contribution in [2.45, 2.75) is 64.5 Å². The first-order valence-electron chi connectivity index (χ1n) is 11.1. The van der Waals surface area contributed by atoms with Crippen LogP contribution in [0.4, 0.5) is 0 Å². The van der Waals surface area contributed by atoms with E-state index in [9.17, 15) is 19.5 Å². The van der Waals surface area contributed by atoms with Crippen molar-refractivity contribution in [1.82, 2.24) is 14.6 Å². The standard InChI is InChI=1S/C23H28N4O5/c1-3-32-17-11-9-15(10-12-17)19-13-18(25-27(19)14(2)28)20-21(29)24-23(31)26(22(20)30)16-7-5-4-6-8-16/h9-12,16,19,30H,3-8,13H2,1-2H3,(H,24,29,31)/t19-/m1/s1. The fourth-order valence-electron chi connectivity index (χ4n) is 4.64. The molecule has 170 valence electrons. The molecule has 0 saturated heterocycles. The van der Waals surface area contributed by atoms with E-state index in [2.05, 4.69) is 10.1 Å². The van der Waals surface area contributed by atoms with Gasteiger partial charge in [-0.25, -0.2) is 9.80 Å². The highest BCUT2D eigenvalue weighted by Gasteiger charge is 2.35. The van der Waals surface area contributed by atoms with Crippen LogP contribution in [0.3, 0.4) is 0 Å². The van der Waals surface area contributed by atoms with Crippen molar-refractivity contribution in [3.05, 3.63) is 56.2 Å². The molecule has 9 heteroatoms. The van der Waals surface area contributed by atoms with Gasteiger partial charge in [-0.15, -0.1) is 0 Å². The number of carbonyl (C=O) groups excluding carboxylic acids is 1.